The van der Waals surface area contributed by atoms with E-state index in [1.807, 2.05) is 44.2 Å². The lowest BCUT2D eigenvalue weighted by Crippen LogP contribution is -2.58. The Hall–Kier alpha value is -2.64. The number of fused-ring (bicyclic) bond motifs is 1. The molecule has 3 N–H and O–H groups in total. The van der Waals surface area contributed by atoms with E-state index in [0.29, 0.717) is 5.75 Å². The van der Waals surface area contributed by atoms with Crippen LogP contribution in [-0.4, -0.2) is 46.0 Å². The molecule has 2 aromatic carbocycles. The minimum absolute atomic E-state index is 0.475. The van der Waals surface area contributed by atoms with E-state index in [9.17, 15) is 15.3 Å². The third-order valence-corrected chi connectivity index (χ3v) is 5.50. The molecule has 30 heavy (non-hydrogen) atoms. The maximum atomic E-state index is 10.1. The van der Waals surface area contributed by atoms with Gasteiger partial charge in [-0.3, -0.25) is 0 Å². The van der Waals surface area contributed by atoms with Crippen LogP contribution in [0.25, 0.3) is 28.4 Å². The summed E-state index contributed by atoms with van der Waals surface area (Å²) >= 11 is 0. The van der Waals surface area contributed by atoms with E-state index in [0.717, 1.165) is 33.4 Å². The minimum Gasteiger partial charge on any atom is -0.462 e. The van der Waals surface area contributed by atoms with Crippen molar-refractivity contribution in [2.45, 2.75) is 51.5 Å². The van der Waals surface area contributed by atoms with Crippen LogP contribution in [0.15, 0.2) is 53.0 Å². The molecule has 1 aromatic heterocycles. The van der Waals surface area contributed by atoms with E-state index in [2.05, 4.69) is 12.1 Å². The van der Waals surface area contributed by atoms with E-state index < -0.39 is 30.7 Å². The molecule has 4 rings (SSSR count). The average molecular weight is 410 g/mol. The molecule has 158 valence electrons. The molecule has 3 aromatic rings. The topological polar surface area (TPSA) is 92.3 Å². The number of aryl methyl sites for hydroxylation is 1. The van der Waals surface area contributed by atoms with E-state index in [-0.39, 0.29) is 0 Å². The summed E-state index contributed by atoms with van der Waals surface area (Å²) in [5.74, 6) is 1.26. The molecule has 0 amide bonds. The minimum atomic E-state index is -1.35. The molecule has 0 radical (unpaired) electrons. The molecule has 6 nitrogen and oxygen atoms in total. The first-order chi connectivity index (χ1) is 14.4. The van der Waals surface area contributed by atoms with Crippen molar-refractivity contribution >= 4 is 17.0 Å². The highest BCUT2D eigenvalue weighted by molar-refractivity contribution is 5.89. The van der Waals surface area contributed by atoms with Gasteiger partial charge in [-0.25, -0.2) is 0 Å². The standard InChI is InChI=1S/C24H26O6/c1-4-5-15-6-11-19-18(12-15)13(2)23(30-19)16-7-9-17(10-8-16)29-24-22(27)21(26)20(25)14(3)28-24/h4-12,14,20-22,24-27H,1-3H3/b5-4+. The summed E-state index contributed by atoms with van der Waals surface area (Å²) in [7, 11) is 0. The van der Waals surface area contributed by atoms with Gasteiger partial charge in [-0.1, -0.05) is 18.2 Å². The van der Waals surface area contributed by atoms with Gasteiger partial charge in [0, 0.05) is 16.5 Å². The van der Waals surface area contributed by atoms with Crippen molar-refractivity contribution in [1.82, 2.24) is 0 Å². The van der Waals surface area contributed by atoms with E-state index in [1.165, 1.54) is 0 Å². The maximum Gasteiger partial charge on any atom is 0.229 e. The zero-order valence-electron chi connectivity index (χ0n) is 17.1. The molecule has 6 heteroatoms. The summed E-state index contributed by atoms with van der Waals surface area (Å²) < 4.78 is 17.3. The smallest absolute Gasteiger partial charge is 0.229 e. The third-order valence-electron chi connectivity index (χ3n) is 5.50. The second-order valence-electron chi connectivity index (χ2n) is 7.64. The molecule has 0 saturated carbocycles. The molecule has 0 bridgehead atoms. The summed E-state index contributed by atoms with van der Waals surface area (Å²) in [5, 5.41) is 30.9. The first-order valence-electron chi connectivity index (χ1n) is 10.0. The van der Waals surface area contributed by atoms with Crippen LogP contribution in [0, 0.1) is 6.92 Å². The zero-order valence-corrected chi connectivity index (χ0v) is 17.1. The molecular formula is C24H26O6. The molecule has 5 unspecified atom stereocenters. The van der Waals surface area contributed by atoms with Crippen LogP contribution in [0.2, 0.25) is 0 Å². The van der Waals surface area contributed by atoms with Crippen molar-refractivity contribution in [3.8, 4) is 17.1 Å². The summed E-state index contributed by atoms with van der Waals surface area (Å²) in [6, 6.07) is 13.4. The molecule has 0 spiro atoms. The fourth-order valence-corrected chi connectivity index (χ4v) is 3.74. The highest BCUT2D eigenvalue weighted by Crippen LogP contribution is 2.35. The fourth-order valence-electron chi connectivity index (χ4n) is 3.74. The van der Waals surface area contributed by atoms with Gasteiger partial charge in [0.05, 0.1) is 6.10 Å². The summed E-state index contributed by atoms with van der Waals surface area (Å²) in [4.78, 5) is 0. The van der Waals surface area contributed by atoms with Crippen LogP contribution >= 0.6 is 0 Å². The molecule has 0 aliphatic carbocycles. The number of hydrogen-bond acceptors (Lipinski definition) is 6. The van der Waals surface area contributed by atoms with Crippen LogP contribution in [0.4, 0.5) is 0 Å². The van der Waals surface area contributed by atoms with E-state index in [1.54, 1.807) is 19.1 Å². The van der Waals surface area contributed by atoms with Gasteiger partial charge in [-0.2, -0.15) is 0 Å². The number of furan rings is 1. The molecule has 1 fully saturated rings. The van der Waals surface area contributed by atoms with Crippen molar-refractivity contribution in [3.05, 3.63) is 59.7 Å². The quantitative estimate of drug-likeness (QED) is 0.608. The van der Waals surface area contributed by atoms with Crippen molar-refractivity contribution in [3.63, 3.8) is 0 Å². The van der Waals surface area contributed by atoms with Crippen LogP contribution in [0.1, 0.15) is 25.0 Å². The monoisotopic (exact) mass is 410 g/mol. The highest BCUT2D eigenvalue weighted by Gasteiger charge is 2.43. The van der Waals surface area contributed by atoms with E-state index in [4.69, 9.17) is 13.9 Å². The first-order valence-corrected chi connectivity index (χ1v) is 10.0. The third kappa shape index (κ3) is 3.75. The predicted octanol–water partition coefficient (Wildman–Crippen LogP) is 3.65. The Bertz CT molecular complexity index is 1050. The normalized spacial score (nSPS) is 27.1. The predicted molar refractivity (Wildman–Crippen MR) is 114 cm³/mol. The average Bonchev–Trinajstić information content (AvgIpc) is 3.07. The maximum absolute atomic E-state index is 10.1. The lowest BCUT2D eigenvalue weighted by atomic mass is 10.00. The Labute approximate surface area is 175 Å². The summed E-state index contributed by atoms with van der Waals surface area (Å²) in [6.45, 7) is 5.64. The van der Waals surface area contributed by atoms with Crippen molar-refractivity contribution in [2.24, 2.45) is 0 Å². The lowest BCUT2D eigenvalue weighted by Gasteiger charge is -2.38. The first kappa shape index (κ1) is 20.6. The molecule has 1 aliphatic heterocycles. The molecule has 1 aliphatic rings. The molecular weight excluding hydrogens is 384 g/mol. The Morgan fingerprint density at radius 1 is 0.967 bits per heavy atom. The molecule has 2 heterocycles. The molecule has 5 atom stereocenters. The fraction of sp³-hybridized carbons (Fsp3) is 0.333. The van der Waals surface area contributed by atoms with Gasteiger partial charge in [0.15, 0.2) is 0 Å². The highest BCUT2D eigenvalue weighted by atomic mass is 16.7. The van der Waals surface area contributed by atoms with Crippen molar-refractivity contribution in [1.29, 1.82) is 0 Å². The second-order valence-corrected chi connectivity index (χ2v) is 7.64. The van der Waals surface area contributed by atoms with Crippen LogP contribution in [0.3, 0.4) is 0 Å². The Balaban J connectivity index is 1.56. The second kappa shape index (κ2) is 8.24. The Morgan fingerprint density at radius 3 is 2.40 bits per heavy atom. The number of benzene rings is 2. The number of rotatable bonds is 4. The molecule has 1 saturated heterocycles. The van der Waals surface area contributed by atoms with Gasteiger partial charge in [-0.15, -0.1) is 0 Å². The van der Waals surface area contributed by atoms with Crippen molar-refractivity contribution in [2.75, 3.05) is 0 Å². The van der Waals surface area contributed by atoms with Crippen molar-refractivity contribution < 1.29 is 29.2 Å². The van der Waals surface area contributed by atoms with Gasteiger partial charge in [0.2, 0.25) is 6.29 Å². The van der Waals surface area contributed by atoms with E-state index >= 15 is 0 Å². The number of ether oxygens (including phenoxy) is 2. The lowest BCUT2D eigenvalue weighted by molar-refractivity contribution is -0.268. The number of hydrogen-bond donors (Lipinski definition) is 3. The summed E-state index contributed by atoms with van der Waals surface area (Å²) in [5.41, 5.74) is 3.91. The number of aliphatic hydroxyl groups is 3. The number of aliphatic hydroxyl groups excluding tert-OH is 3. The Morgan fingerprint density at radius 2 is 1.70 bits per heavy atom. The van der Waals surface area contributed by atoms with Crippen LogP contribution in [-0.2, 0) is 4.74 Å². The summed E-state index contributed by atoms with van der Waals surface area (Å²) in [6.07, 6.45) is -1.50. The van der Waals surface area contributed by atoms with Crippen LogP contribution < -0.4 is 4.74 Å². The van der Waals surface area contributed by atoms with Gasteiger partial charge >= 0.3 is 0 Å². The largest absolute Gasteiger partial charge is 0.462 e. The SMILES string of the molecule is C/C=C/c1ccc2oc(-c3ccc(OC4OC(C)C(O)C(O)C4O)cc3)c(C)c2c1. The van der Waals surface area contributed by atoms with Gasteiger partial charge < -0.3 is 29.2 Å². The number of allylic oxidation sites excluding steroid dienone is 1. The Kier molecular flexibility index (Phi) is 5.66. The van der Waals surface area contributed by atoms with Gasteiger partial charge in [0.1, 0.15) is 35.4 Å². The van der Waals surface area contributed by atoms with Gasteiger partial charge in [0.25, 0.3) is 0 Å². The van der Waals surface area contributed by atoms with Crippen LogP contribution in [0.5, 0.6) is 5.75 Å². The van der Waals surface area contributed by atoms with Gasteiger partial charge in [-0.05, 0) is 62.7 Å². The zero-order chi connectivity index (χ0) is 21.4.